The van der Waals surface area contributed by atoms with Crippen molar-refractivity contribution in [1.82, 2.24) is 5.32 Å². The van der Waals surface area contributed by atoms with Gasteiger partial charge in [0.05, 0.1) is 18.1 Å². The molecule has 0 radical (unpaired) electrons. The monoisotopic (exact) mass is 274 g/mol. The lowest BCUT2D eigenvalue weighted by molar-refractivity contribution is -0.126. The first-order valence-electron chi connectivity index (χ1n) is 7.54. The molecule has 3 atom stereocenters. The Hall–Kier alpha value is -1.55. The lowest BCUT2D eigenvalue weighted by atomic mass is 9.90. The van der Waals surface area contributed by atoms with Gasteiger partial charge in [0.25, 0.3) is 0 Å². The SMILES string of the molecule is O=C(N[C@H]1CCCC[C@@H]1O)C1CNc2ccccc2C1. The normalized spacial score (nSPS) is 29.1. The van der Waals surface area contributed by atoms with E-state index in [1.165, 1.54) is 5.56 Å². The number of amides is 1. The zero-order valence-corrected chi connectivity index (χ0v) is 11.6. The van der Waals surface area contributed by atoms with Gasteiger partial charge in [0.1, 0.15) is 0 Å². The smallest absolute Gasteiger partial charge is 0.225 e. The standard InChI is InChI=1S/C16H22N2O2/c19-15-8-4-3-7-14(15)18-16(20)12-9-11-5-1-2-6-13(11)17-10-12/h1-2,5-6,12,14-15,17,19H,3-4,7-10H2,(H,18,20)/t12?,14-,15-/m0/s1. The summed E-state index contributed by atoms with van der Waals surface area (Å²) in [7, 11) is 0. The highest BCUT2D eigenvalue weighted by molar-refractivity contribution is 5.81. The number of fused-ring (bicyclic) bond motifs is 1. The van der Waals surface area contributed by atoms with Crippen molar-refractivity contribution in [2.45, 2.75) is 44.2 Å². The predicted octanol–water partition coefficient (Wildman–Crippen LogP) is 1.69. The molecule has 0 spiro atoms. The molecule has 1 aromatic carbocycles. The minimum absolute atomic E-state index is 0.0426. The van der Waals surface area contributed by atoms with Crippen LogP contribution in [0.4, 0.5) is 5.69 Å². The fourth-order valence-electron chi connectivity index (χ4n) is 3.21. The van der Waals surface area contributed by atoms with Gasteiger partial charge in [-0.1, -0.05) is 31.0 Å². The predicted molar refractivity (Wildman–Crippen MR) is 78.5 cm³/mol. The van der Waals surface area contributed by atoms with Crippen molar-refractivity contribution in [3.63, 3.8) is 0 Å². The molecule has 1 amide bonds. The number of aliphatic hydroxyl groups excluding tert-OH is 1. The molecule has 1 aliphatic heterocycles. The Bertz CT molecular complexity index is 489. The highest BCUT2D eigenvalue weighted by Crippen LogP contribution is 2.25. The van der Waals surface area contributed by atoms with Crippen LogP contribution in [0.3, 0.4) is 0 Å². The van der Waals surface area contributed by atoms with E-state index in [9.17, 15) is 9.90 Å². The highest BCUT2D eigenvalue weighted by atomic mass is 16.3. The second-order valence-electron chi connectivity index (χ2n) is 5.91. The van der Waals surface area contributed by atoms with Crippen molar-refractivity contribution < 1.29 is 9.90 Å². The van der Waals surface area contributed by atoms with Gasteiger partial charge >= 0.3 is 0 Å². The van der Waals surface area contributed by atoms with E-state index < -0.39 is 0 Å². The quantitative estimate of drug-likeness (QED) is 0.769. The Morgan fingerprint density at radius 3 is 2.90 bits per heavy atom. The second-order valence-corrected chi connectivity index (χ2v) is 5.91. The number of hydrogen-bond acceptors (Lipinski definition) is 3. The maximum absolute atomic E-state index is 12.4. The zero-order chi connectivity index (χ0) is 13.9. The molecule has 20 heavy (non-hydrogen) atoms. The van der Waals surface area contributed by atoms with Crippen LogP contribution >= 0.6 is 0 Å². The number of para-hydroxylation sites is 1. The Morgan fingerprint density at radius 1 is 1.25 bits per heavy atom. The van der Waals surface area contributed by atoms with E-state index in [1.807, 2.05) is 18.2 Å². The molecule has 3 rings (SSSR count). The van der Waals surface area contributed by atoms with Gasteiger partial charge in [-0.15, -0.1) is 0 Å². The van der Waals surface area contributed by atoms with Crippen LogP contribution < -0.4 is 10.6 Å². The van der Waals surface area contributed by atoms with Crippen molar-refractivity contribution >= 4 is 11.6 Å². The summed E-state index contributed by atoms with van der Waals surface area (Å²) in [6.07, 6.45) is 4.24. The van der Waals surface area contributed by atoms with Crippen molar-refractivity contribution in [2.75, 3.05) is 11.9 Å². The second kappa shape index (κ2) is 5.83. The molecule has 108 valence electrons. The first-order valence-corrected chi connectivity index (χ1v) is 7.54. The number of hydrogen-bond donors (Lipinski definition) is 3. The van der Waals surface area contributed by atoms with Gasteiger partial charge < -0.3 is 15.7 Å². The summed E-state index contributed by atoms with van der Waals surface area (Å²) in [5.41, 5.74) is 2.33. The Kier molecular flexibility index (Phi) is 3.92. The zero-order valence-electron chi connectivity index (χ0n) is 11.6. The Balaban J connectivity index is 1.61. The van der Waals surface area contributed by atoms with Gasteiger partial charge in [0.15, 0.2) is 0 Å². The number of rotatable bonds is 2. The molecule has 2 aliphatic rings. The van der Waals surface area contributed by atoms with E-state index in [2.05, 4.69) is 16.7 Å². The van der Waals surface area contributed by atoms with Gasteiger partial charge in [-0.25, -0.2) is 0 Å². The maximum Gasteiger partial charge on any atom is 0.225 e. The minimum atomic E-state index is -0.378. The van der Waals surface area contributed by atoms with Crippen molar-refractivity contribution in [3.05, 3.63) is 29.8 Å². The van der Waals surface area contributed by atoms with E-state index in [0.29, 0.717) is 6.54 Å². The first-order chi connectivity index (χ1) is 9.74. The number of aliphatic hydroxyl groups is 1. The molecule has 1 fully saturated rings. The van der Waals surface area contributed by atoms with Crippen LogP contribution in [-0.4, -0.2) is 29.7 Å². The number of anilines is 1. The molecule has 4 heteroatoms. The average molecular weight is 274 g/mol. The minimum Gasteiger partial charge on any atom is -0.391 e. The van der Waals surface area contributed by atoms with E-state index in [-0.39, 0.29) is 24.0 Å². The Morgan fingerprint density at radius 2 is 2.05 bits per heavy atom. The van der Waals surface area contributed by atoms with Crippen LogP contribution in [0.15, 0.2) is 24.3 Å². The van der Waals surface area contributed by atoms with Crippen LogP contribution in [0.5, 0.6) is 0 Å². The van der Waals surface area contributed by atoms with Crippen LogP contribution in [0.1, 0.15) is 31.2 Å². The molecule has 1 saturated carbocycles. The molecule has 0 saturated heterocycles. The fraction of sp³-hybridized carbons (Fsp3) is 0.562. The van der Waals surface area contributed by atoms with E-state index >= 15 is 0 Å². The van der Waals surface area contributed by atoms with Gasteiger partial charge in [-0.3, -0.25) is 4.79 Å². The Labute approximate surface area is 119 Å². The van der Waals surface area contributed by atoms with Crippen molar-refractivity contribution in [3.8, 4) is 0 Å². The fourth-order valence-corrected chi connectivity index (χ4v) is 3.21. The van der Waals surface area contributed by atoms with Gasteiger partial charge in [0.2, 0.25) is 5.91 Å². The van der Waals surface area contributed by atoms with Crippen molar-refractivity contribution in [1.29, 1.82) is 0 Å². The summed E-state index contributed by atoms with van der Waals surface area (Å²) in [4.78, 5) is 12.4. The third-order valence-electron chi connectivity index (χ3n) is 4.45. The van der Waals surface area contributed by atoms with Crippen LogP contribution in [0, 0.1) is 5.92 Å². The lowest BCUT2D eigenvalue weighted by Crippen LogP contribution is -2.49. The lowest BCUT2D eigenvalue weighted by Gasteiger charge is -2.31. The number of benzene rings is 1. The largest absolute Gasteiger partial charge is 0.391 e. The summed E-state index contributed by atoms with van der Waals surface area (Å²) >= 11 is 0. The number of carbonyl (C=O) groups is 1. The molecule has 3 N–H and O–H groups in total. The third kappa shape index (κ3) is 2.80. The number of nitrogens with one attached hydrogen (secondary N) is 2. The molecule has 4 nitrogen and oxygen atoms in total. The summed E-state index contributed by atoms with van der Waals surface area (Å²) in [5.74, 6) is 0.0250. The molecule has 1 unspecified atom stereocenters. The van der Waals surface area contributed by atoms with E-state index in [4.69, 9.17) is 0 Å². The van der Waals surface area contributed by atoms with Crippen LogP contribution in [0.2, 0.25) is 0 Å². The third-order valence-corrected chi connectivity index (χ3v) is 4.45. The molecular formula is C16H22N2O2. The number of carbonyl (C=O) groups excluding carboxylic acids is 1. The summed E-state index contributed by atoms with van der Waals surface area (Å²) < 4.78 is 0. The molecule has 0 bridgehead atoms. The summed E-state index contributed by atoms with van der Waals surface area (Å²) in [5, 5.41) is 16.3. The van der Waals surface area contributed by atoms with E-state index in [0.717, 1.165) is 37.8 Å². The van der Waals surface area contributed by atoms with Gasteiger partial charge in [-0.2, -0.15) is 0 Å². The molecule has 0 aromatic heterocycles. The molecule has 1 aliphatic carbocycles. The molecule has 1 heterocycles. The first kappa shape index (κ1) is 13.4. The average Bonchev–Trinajstić information content (AvgIpc) is 2.49. The summed E-state index contributed by atoms with van der Waals surface area (Å²) in [6, 6.07) is 8.07. The van der Waals surface area contributed by atoms with E-state index in [1.54, 1.807) is 0 Å². The van der Waals surface area contributed by atoms with Crippen LogP contribution in [-0.2, 0) is 11.2 Å². The molecule has 1 aromatic rings. The van der Waals surface area contributed by atoms with Gasteiger partial charge in [-0.05, 0) is 30.9 Å². The maximum atomic E-state index is 12.4. The highest BCUT2D eigenvalue weighted by Gasteiger charge is 2.29. The summed E-state index contributed by atoms with van der Waals surface area (Å²) in [6.45, 7) is 0.672. The van der Waals surface area contributed by atoms with Gasteiger partial charge in [0, 0.05) is 12.2 Å². The topological polar surface area (TPSA) is 61.4 Å². The van der Waals surface area contributed by atoms with Crippen molar-refractivity contribution in [2.24, 2.45) is 5.92 Å². The van der Waals surface area contributed by atoms with Crippen LogP contribution in [0.25, 0.3) is 0 Å². The molecular weight excluding hydrogens is 252 g/mol.